The molecule has 0 saturated heterocycles. The summed E-state index contributed by atoms with van der Waals surface area (Å²) < 4.78 is 0. The Labute approximate surface area is 80.0 Å². The van der Waals surface area contributed by atoms with Gasteiger partial charge in [0, 0.05) is 22.9 Å². The van der Waals surface area contributed by atoms with Crippen LogP contribution in [0.2, 0.25) is 0 Å². The van der Waals surface area contributed by atoms with E-state index in [-0.39, 0.29) is 0 Å². The van der Waals surface area contributed by atoms with Crippen molar-refractivity contribution in [3.8, 4) is 0 Å². The predicted molar refractivity (Wildman–Crippen MR) is 57.2 cm³/mol. The largest absolute Gasteiger partial charge is 0.387 e. The van der Waals surface area contributed by atoms with Crippen LogP contribution in [0.5, 0.6) is 0 Å². The SMILES string of the molecule is CC(C)C1=C(C(C)C)SCCN1. The predicted octanol–water partition coefficient (Wildman–Crippen LogP) is 2.85. The average molecular weight is 185 g/mol. The van der Waals surface area contributed by atoms with Crippen LogP contribution in [-0.2, 0) is 0 Å². The number of rotatable bonds is 2. The highest BCUT2D eigenvalue weighted by molar-refractivity contribution is 8.03. The van der Waals surface area contributed by atoms with Crippen LogP contribution in [0.1, 0.15) is 27.7 Å². The Bertz CT molecular complexity index is 162. The molecule has 0 atom stereocenters. The van der Waals surface area contributed by atoms with Crippen LogP contribution in [0, 0.1) is 11.8 Å². The maximum Gasteiger partial charge on any atom is 0.0238 e. The van der Waals surface area contributed by atoms with E-state index in [4.69, 9.17) is 0 Å². The topological polar surface area (TPSA) is 12.0 Å². The van der Waals surface area contributed by atoms with E-state index in [0.717, 1.165) is 6.54 Å². The van der Waals surface area contributed by atoms with Gasteiger partial charge in [-0.2, -0.15) is 0 Å². The molecule has 0 fully saturated rings. The zero-order valence-electron chi connectivity index (χ0n) is 8.48. The zero-order valence-corrected chi connectivity index (χ0v) is 9.29. The van der Waals surface area contributed by atoms with E-state index in [1.807, 2.05) is 11.8 Å². The Morgan fingerprint density at radius 1 is 1.17 bits per heavy atom. The third-order valence-electron chi connectivity index (χ3n) is 2.04. The maximum atomic E-state index is 3.51. The van der Waals surface area contributed by atoms with Crippen LogP contribution in [-0.4, -0.2) is 12.3 Å². The molecular formula is C10H19NS. The standard InChI is InChI=1S/C10H19NS/c1-7(2)9-10(8(3)4)12-6-5-11-9/h7-8,11H,5-6H2,1-4H3. The lowest BCUT2D eigenvalue weighted by molar-refractivity contribution is 0.634. The maximum absolute atomic E-state index is 3.51. The van der Waals surface area contributed by atoms with E-state index in [1.54, 1.807) is 4.91 Å². The molecule has 1 rings (SSSR count). The van der Waals surface area contributed by atoms with Gasteiger partial charge < -0.3 is 5.32 Å². The first-order chi connectivity index (χ1) is 5.63. The normalized spacial score (nSPS) is 18.8. The first-order valence-electron chi connectivity index (χ1n) is 4.73. The first-order valence-corrected chi connectivity index (χ1v) is 5.72. The minimum Gasteiger partial charge on any atom is -0.387 e. The molecule has 1 N–H and O–H groups in total. The van der Waals surface area contributed by atoms with Crippen LogP contribution in [0.15, 0.2) is 10.6 Å². The summed E-state index contributed by atoms with van der Waals surface area (Å²) >= 11 is 2.02. The van der Waals surface area contributed by atoms with Crippen molar-refractivity contribution in [3.63, 3.8) is 0 Å². The second kappa shape index (κ2) is 4.22. The fraction of sp³-hybridized carbons (Fsp3) is 0.800. The molecular weight excluding hydrogens is 166 g/mol. The summed E-state index contributed by atoms with van der Waals surface area (Å²) in [5.74, 6) is 2.55. The Hall–Kier alpha value is -0.110. The fourth-order valence-electron chi connectivity index (χ4n) is 1.48. The Morgan fingerprint density at radius 3 is 2.25 bits per heavy atom. The third-order valence-corrected chi connectivity index (χ3v) is 3.45. The molecule has 0 spiro atoms. The van der Waals surface area contributed by atoms with Gasteiger partial charge in [-0.3, -0.25) is 0 Å². The van der Waals surface area contributed by atoms with Crippen molar-refractivity contribution in [2.24, 2.45) is 11.8 Å². The molecule has 1 aliphatic heterocycles. The Balaban J connectivity index is 2.83. The van der Waals surface area contributed by atoms with Crippen molar-refractivity contribution in [3.05, 3.63) is 10.6 Å². The highest BCUT2D eigenvalue weighted by Crippen LogP contribution is 2.31. The van der Waals surface area contributed by atoms with Crippen LogP contribution in [0.25, 0.3) is 0 Å². The van der Waals surface area contributed by atoms with Gasteiger partial charge in [0.25, 0.3) is 0 Å². The molecule has 0 aromatic carbocycles. The molecule has 2 heteroatoms. The lowest BCUT2D eigenvalue weighted by atomic mass is 10.1. The molecule has 1 nitrogen and oxygen atoms in total. The van der Waals surface area contributed by atoms with Gasteiger partial charge in [-0.05, 0) is 11.8 Å². The number of nitrogens with one attached hydrogen (secondary N) is 1. The second-order valence-electron chi connectivity index (χ2n) is 3.86. The average Bonchev–Trinajstić information content (AvgIpc) is 2.04. The van der Waals surface area contributed by atoms with Gasteiger partial charge in [0.1, 0.15) is 0 Å². The first kappa shape index (κ1) is 9.97. The van der Waals surface area contributed by atoms with Gasteiger partial charge in [-0.25, -0.2) is 0 Å². The van der Waals surface area contributed by atoms with Gasteiger partial charge in [-0.1, -0.05) is 27.7 Å². The number of allylic oxidation sites excluding steroid dienone is 2. The van der Waals surface area contributed by atoms with Crippen molar-refractivity contribution < 1.29 is 0 Å². The molecule has 0 aromatic rings. The van der Waals surface area contributed by atoms with Crippen molar-refractivity contribution in [1.82, 2.24) is 5.32 Å². The molecule has 1 aliphatic rings. The summed E-state index contributed by atoms with van der Waals surface area (Å²) in [7, 11) is 0. The minimum atomic E-state index is 0.648. The van der Waals surface area contributed by atoms with E-state index >= 15 is 0 Å². The summed E-state index contributed by atoms with van der Waals surface area (Å²) in [6.45, 7) is 10.2. The van der Waals surface area contributed by atoms with Crippen molar-refractivity contribution in [1.29, 1.82) is 0 Å². The van der Waals surface area contributed by atoms with Gasteiger partial charge in [0.2, 0.25) is 0 Å². The highest BCUT2D eigenvalue weighted by atomic mass is 32.2. The van der Waals surface area contributed by atoms with Crippen LogP contribution < -0.4 is 5.32 Å². The molecule has 0 aromatic heterocycles. The lowest BCUT2D eigenvalue weighted by Crippen LogP contribution is -2.26. The molecule has 0 unspecified atom stereocenters. The molecule has 0 aliphatic carbocycles. The lowest BCUT2D eigenvalue weighted by Gasteiger charge is -2.26. The summed E-state index contributed by atoms with van der Waals surface area (Å²) in [6, 6.07) is 0. The number of hydrogen-bond acceptors (Lipinski definition) is 2. The molecule has 0 amide bonds. The smallest absolute Gasteiger partial charge is 0.0238 e. The Morgan fingerprint density at radius 2 is 1.83 bits per heavy atom. The summed E-state index contributed by atoms with van der Waals surface area (Å²) in [4.78, 5) is 1.57. The van der Waals surface area contributed by atoms with Crippen LogP contribution in [0.4, 0.5) is 0 Å². The minimum absolute atomic E-state index is 0.648. The number of thioether (sulfide) groups is 1. The Kier molecular flexibility index (Phi) is 3.51. The van der Waals surface area contributed by atoms with Crippen LogP contribution in [0.3, 0.4) is 0 Å². The summed E-state index contributed by atoms with van der Waals surface area (Å²) in [6.07, 6.45) is 0. The highest BCUT2D eigenvalue weighted by Gasteiger charge is 2.17. The van der Waals surface area contributed by atoms with E-state index in [9.17, 15) is 0 Å². The fourth-order valence-corrected chi connectivity index (χ4v) is 2.70. The molecule has 0 radical (unpaired) electrons. The molecule has 0 saturated carbocycles. The van der Waals surface area contributed by atoms with Gasteiger partial charge in [0.05, 0.1) is 0 Å². The summed E-state index contributed by atoms with van der Waals surface area (Å²) in [5.41, 5.74) is 1.47. The van der Waals surface area contributed by atoms with E-state index < -0.39 is 0 Å². The molecule has 12 heavy (non-hydrogen) atoms. The second-order valence-corrected chi connectivity index (χ2v) is 5.00. The van der Waals surface area contributed by atoms with E-state index in [0.29, 0.717) is 11.8 Å². The van der Waals surface area contributed by atoms with Crippen LogP contribution >= 0.6 is 11.8 Å². The van der Waals surface area contributed by atoms with E-state index in [2.05, 4.69) is 33.0 Å². The zero-order chi connectivity index (χ0) is 9.14. The van der Waals surface area contributed by atoms with Crippen molar-refractivity contribution in [2.45, 2.75) is 27.7 Å². The van der Waals surface area contributed by atoms with Gasteiger partial charge >= 0.3 is 0 Å². The van der Waals surface area contributed by atoms with Crippen molar-refractivity contribution in [2.75, 3.05) is 12.3 Å². The van der Waals surface area contributed by atoms with Gasteiger partial charge in [0.15, 0.2) is 0 Å². The monoisotopic (exact) mass is 185 g/mol. The number of hydrogen-bond donors (Lipinski definition) is 1. The van der Waals surface area contributed by atoms with Gasteiger partial charge in [-0.15, -0.1) is 11.8 Å². The third kappa shape index (κ3) is 2.19. The summed E-state index contributed by atoms with van der Waals surface area (Å²) in [5, 5.41) is 3.51. The molecule has 70 valence electrons. The molecule has 0 bridgehead atoms. The molecule has 1 heterocycles. The quantitative estimate of drug-likeness (QED) is 0.710. The van der Waals surface area contributed by atoms with E-state index in [1.165, 1.54) is 11.4 Å². The van der Waals surface area contributed by atoms with Crippen molar-refractivity contribution >= 4 is 11.8 Å².